The van der Waals surface area contributed by atoms with Gasteiger partial charge in [-0.1, -0.05) is 6.42 Å². The smallest absolute Gasteiger partial charge is 0.110 e. The molecule has 0 radical (unpaired) electrons. The molecule has 2 unspecified atom stereocenters. The second kappa shape index (κ2) is 7.22. The van der Waals surface area contributed by atoms with E-state index in [1.807, 2.05) is 0 Å². The summed E-state index contributed by atoms with van der Waals surface area (Å²) in [6.45, 7) is 6.57. The highest BCUT2D eigenvalue weighted by molar-refractivity contribution is 7.09. The molecule has 1 aromatic heterocycles. The number of aromatic nitrogens is 1. The first kappa shape index (κ1) is 14.0. The second-order valence-electron chi connectivity index (χ2n) is 5.29. The first-order valence-electron chi connectivity index (χ1n) is 7.14. The van der Waals surface area contributed by atoms with Crippen molar-refractivity contribution in [2.45, 2.75) is 58.0 Å². The van der Waals surface area contributed by atoms with Crippen molar-refractivity contribution in [2.75, 3.05) is 13.1 Å². The average Bonchev–Trinajstić information content (AvgIpc) is 2.82. The minimum absolute atomic E-state index is 0.392. The third-order valence-electron chi connectivity index (χ3n) is 3.60. The number of nitrogens with zero attached hydrogens (tertiary/aromatic N) is 1. The molecule has 0 aromatic carbocycles. The summed E-state index contributed by atoms with van der Waals surface area (Å²) in [4.78, 5) is 4.52. The lowest BCUT2D eigenvalue weighted by atomic mass is 10.0. The summed E-state index contributed by atoms with van der Waals surface area (Å²) >= 11 is 1.76. The Morgan fingerprint density at radius 1 is 1.56 bits per heavy atom. The van der Waals surface area contributed by atoms with Crippen LogP contribution in [-0.2, 0) is 0 Å². The molecule has 1 saturated heterocycles. The Kier molecular flexibility index (Phi) is 5.60. The van der Waals surface area contributed by atoms with E-state index in [1.165, 1.54) is 43.7 Å². The summed E-state index contributed by atoms with van der Waals surface area (Å²) in [5, 5.41) is 10.5. The van der Waals surface area contributed by atoms with Crippen molar-refractivity contribution in [1.82, 2.24) is 15.6 Å². The quantitative estimate of drug-likeness (QED) is 0.778. The molecule has 1 aliphatic heterocycles. The number of aryl methyl sites for hydroxylation is 1. The van der Waals surface area contributed by atoms with Gasteiger partial charge >= 0.3 is 0 Å². The van der Waals surface area contributed by atoms with Gasteiger partial charge in [-0.05, 0) is 52.6 Å². The van der Waals surface area contributed by atoms with E-state index < -0.39 is 0 Å². The van der Waals surface area contributed by atoms with E-state index in [1.54, 1.807) is 11.3 Å². The fourth-order valence-corrected chi connectivity index (χ4v) is 3.32. The summed E-state index contributed by atoms with van der Waals surface area (Å²) in [6, 6.07) is 1.15. The molecule has 4 heteroatoms. The molecule has 0 aliphatic carbocycles. The summed E-state index contributed by atoms with van der Waals surface area (Å²) < 4.78 is 0. The first-order chi connectivity index (χ1) is 8.75. The van der Waals surface area contributed by atoms with Crippen LogP contribution >= 0.6 is 11.3 Å². The molecule has 1 aliphatic rings. The van der Waals surface area contributed by atoms with Gasteiger partial charge in [0, 0.05) is 17.1 Å². The molecule has 0 amide bonds. The standard InChI is InChI=1S/C14H25N3S/c1-11-10-18-14(17-11)12(2)15-9-5-7-13-6-3-4-8-16-13/h10,12-13,15-16H,3-9H2,1-2H3. The number of piperidine rings is 1. The molecule has 2 heterocycles. The van der Waals surface area contributed by atoms with Crippen molar-refractivity contribution in [3.05, 3.63) is 16.1 Å². The first-order valence-corrected chi connectivity index (χ1v) is 8.02. The van der Waals surface area contributed by atoms with Crippen molar-refractivity contribution in [2.24, 2.45) is 0 Å². The van der Waals surface area contributed by atoms with Gasteiger partial charge in [0.25, 0.3) is 0 Å². The molecule has 1 aromatic rings. The fourth-order valence-electron chi connectivity index (χ4n) is 2.50. The molecule has 0 bridgehead atoms. The van der Waals surface area contributed by atoms with Crippen molar-refractivity contribution < 1.29 is 0 Å². The summed E-state index contributed by atoms with van der Waals surface area (Å²) in [5.74, 6) is 0. The van der Waals surface area contributed by atoms with E-state index in [0.717, 1.165) is 18.3 Å². The highest BCUT2D eigenvalue weighted by Crippen LogP contribution is 2.17. The van der Waals surface area contributed by atoms with Crippen LogP contribution in [-0.4, -0.2) is 24.1 Å². The average molecular weight is 267 g/mol. The van der Waals surface area contributed by atoms with Crippen LogP contribution in [0.3, 0.4) is 0 Å². The molecule has 3 nitrogen and oxygen atoms in total. The van der Waals surface area contributed by atoms with E-state index >= 15 is 0 Å². The van der Waals surface area contributed by atoms with Gasteiger partial charge in [-0.25, -0.2) is 4.98 Å². The third kappa shape index (κ3) is 4.34. The molecule has 2 atom stereocenters. The summed E-state index contributed by atoms with van der Waals surface area (Å²) in [5.41, 5.74) is 1.13. The van der Waals surface area contributed by atoms with Gasteiger partial charge in [0.1, 0.15) is 5.01 Å². The lowest BCUT2D eigenvalue weighted by Gasteiger charge is -2.23. The molecule has 2 rings (SSSR count). The van der Waals surface area contributed by atoms with E-state index in [0.29, 0.717) is 6.04 Å². The van der Waals surface area contributed by atoms with Crippen LogP contribution in [0.4, 0.5) is 0 Å². The largest absolute Gasteiger partial charge is 0.314 e. The Hall–Kier alpha value is -0.450. The van der Waals surface area contributed by atoms with Crippen molar-refractivity contribution in [3.8, 4) is 0 Å². The predicted octanol–water partition coefficient (Wildman–Crippen LogP) is 3.02. The molecule has 102 valence electrons. The predicted molar refractivity (Wildman–Crippen MR) is 78.1 cm³/mol. The molecule has 0 spiro atoms. The van der Waals surface area contributed by atoms with Crippen molar-refractivity contribution in [1.29, 1.82) is 0 Å². The van der Waals surface area contributed by atoms with Gasteiger partial charge in [-0.2, -0.15) is 0 Å². The van der Waals surface area contributed by atoms with Crippen LogP contribution in [0.2, 0.25) is 0 Å². The Morgan fingerprint density at radius 2 is 2.44 bits per heavy atom. The zero-order chi connectivity index (χ0) is 12.8. The Labute approximate surface area is 114 Å². The van der Waals surface area contributed by atoms with Crippen LogP contribution in [0.1, 0.15) is 55.8 Å². The molecular formula is C14H25N3S. The van der Waals surface area contributed by atoms with Gasteiger partial charge in [0.15, 0.2) is 0 Å². The van der Waals surface area contributed by atoms with Gasteiger partial charge in [-0.3, -0.25) is 0 Å². The van der Waals surface area contributed by atoms with Crippen molar-refractivity contribution in [3.63, 3.8) is 0 Å². The maximum Gasteiger partial charge on any atom is 0.110 e. The molecule has 2 N–H and O–H groups in total. The number of hydrogen-bond acceptors (Lipinski definition) is 4. The molecule has 18 heavy (non-hydrogen) atoms. The summed E-state index contributed by atoms with van der Waals surface area (Å²) in [7, 11) is 0. The van der Waals surface area contributed by atoms with Gasteiger partial charge < -0.3 is 10.6 Å². The normalized spacial score (nSPS) is 22.0. The monoisotopic (exact) mass is 267 g/mol. The van der Waals surface area contributed by atoms with Crippen LogP contribution in [0.25, 0.3) is 0 Å². The number of rotatable bonds is 6. The fraction of sp³-hybridized carbons (Fsp3) is 0.786. The maximum atomic E-state index is 4.52. The van der Waals surface area contributed by atoms with Crippen molar-refractivity contribution >= 4 is 11.3 Å². The Bertz CT molecular complexity index is 345. The molecular weight excluding hydrogens is 242 g/mol. The molecule has 0 saturated carbocycles. The highest BCUT2D eigenvalue weighted by atomic mass is 32.1. The van der Waals surface area contributed by atoms with Gasteiger partial charge in [0.05, 0.1) is 6.04 Å². The minimum Gasteiger partial charge on any atom is -0.314 e. The lowest BCUT2D eigenvalue weighted by molar-refractivity contribution is 0.370. The van der Waals surface area contributed by atoms with E-state index in [4.69, 9.17) is 0 Å². The van der Waals surface area contributed by atoms with Crippen LogP contribution < -0.4 is 10.6 Å². The van der Waals surface area contributed by atoms with E-state index in [9.17, 15) is 0 Å². The maximum absolute atomic E-state index is 4.52. The van der Waals surface area contributed by atoms with Crippen LogP contribution in [0.15, 0.2) is 5.38 Å². The number of thiazole rings is 1. The van der Waals surface area contributed by atoms with E-state index in [2.05, 4.69) is 34.8 Å². The third-order valence-corrected chi connectivity index (χ3v) is 4.74. The van der Waals surface area contributed by atoms with Gasteiger partial charge in [0.2, 0.25) is 0 Å². The minimum atomic E-state index is 0.392. The number of hydrogen-bond donors (Lipinski definition) is 2. The van der Waals surface area contributed by atoms with Gasteiger partial charge in [-0.15, -0.1) is 11.3 Å². The van der Waals surface area contributed by atoms with Crippen LogP contribution in [0, 0.1) is 6.92 Å². The topological polar surface area (TPSA) is 37.0 Å². The Morgan fingerprint density at radius 3 is 3.11 bits per heavy atom. The Balaban J connectivity index is 1.60. The van der Waals surface area contributed by atoms with Crippen LogP contribution in [0.5, 0.6) is 0 Å². The van der Waals surface area contributed by atoms with E-state index in [-0.39, 0.29) is 0 Å². The zero-order valence-corrected chi connectivity index (χ0v) is 12.4. The summed E-state index contributed by atoms with van der Waals surface area (Å²) in [6.07, 6.45) is 6.68. The second-order valence-corrected chi connectivity index (χ2v) is 6.18. The zero-order valence-electron chi connectivity index (χ0n) is 11.5. The lowest BCUT2D eigenvalue weighted by Crippen LogP contribution is -2.34. The molecule has 1 fully saturated rings. The number of nitrogens with one attached hydrogen (secondary N) is 2. The SMILES string of the molecule is Cc1csc(C(C)NCCCC2CCCCN2)n1. The highest BCUT2D eigenvalue weighted by Gasteiger charge is 2.12.